The SMILES string of the molecule is CC1CNCCN1C(=O)CCc1ccc(C#N)cc1. The van der Waals surface area contributed by atoms with E-state index in [1.54, 1.807) is 12.1 Å². The van der Waals surface area contributed by atoms with Gasteiger partial charge in [0, 0.05) is 32.1 Å². The van der Waals surface area contributed by atoms with Crippen LogP contribution in [-0.2, 0) is 11.2 Å². The molecule has 1 aliphatic rings. The van der Waals surface area contributed by atoms with Gasteiger partial charge in [0.25, 0.3) is 0 Å². The molecular formula is C15H19N3O. The van der Waals surface area contributed by atoms with Crippen molar-refractivity contribution in [2.24, 2.45) is 0 Å². The first-order chi connectivity index (χ1) is 9.20. The van der Waals surface area contributed by atoms with Crippen LogP contribution in [0.4, 0.5) is 0 Å². The summed E-state index contributed by atoms with van der Waals surface area (Å²) in [6, 6.07) is 9.82. The maximum Gasteiger partial charge on any atom is 0.223 e. The van der Waals surface area contributed by atoms with E-state index in [-0.39, 0.29) is 11.9 Å². The molecule has 0 spiro atoms. The van der Waals surface area contributed by atoms with Crippen LogP contribution in [0.5, 0.6) is 0 Å². The monoisotopic (exact) mass is 257 g/mol. The fraction of sp³-hybridized carbons (Fsp3) is 0.467. The predicted molar refractivity (Wildman–Crippen MR) is 73.5 cm³/mol. The highest BCUT2D eigenvalue weighted by Gasteiger charge is 2.22. The number of hydrogen-bond acceptors (Lipinski definition) is 3. The van der Waals surface area contributed by atoms with Crippen LogP contribution >= 0.6 is 0 Å². The van der Waals surface area contributed by atoms with E-state index < -0.39 is 0 Å². The third-order valence-electron chi connectivity index (χ3n) is 3.53. The number of rotatable bonds is 3. The quantitative estimate of drug-likeness (QED) is 0.888. The summed E-state index contributed by atoms with van der Waals surface area (Å²) >= 11 is 0. The fourth-order valence-corrected chi connectivity index (χ4v) is 2.35. The molecule has 100 valence electrons. The van der Waals surface area contributed by atoms with E-state index in [1.807, 2.05) is 17.0 Å². The van der Waals surface area contributed by atoms with Gasteiger partial charge in [-0.25, -0.2) is 0 Å². The molecule has 1 unspecified atom stereocenters. The molecular weight excluding hydrogens is 238 g/mol. The number of hydrogen-bond donors (Lipinski definition) is 1. The van der Waals surface area contributed by atoms with Crippen molar-refractivity contribution in [1.82, 2.24) is 10.2 Å². The molecule has 1 heterocycles. The van der Waals surface area contributed by atoms with E-state index >= 15 is 0 Å². The summed E-state index contributed by atoms with van der Waals surface area (Å²) in [5.41, 5.74) is 1.76. The molecule has 0 radical (unpaired) electrons. The Labute approximate surface area is 114 Å². The molecule has 1 atom stereocenters. The summed E-state index contributed by atoms with van der Waals surface area (Å²) in [6.45, 7) is 4.63. The van der Waals surface area contributed by atoms with Gasteiger partial charge < -0.3 is 10.2 Å². The highest BCUT2D eigenvalue weighted by molar-refractivity contribution is 5.77. The second-order valence-electron chi connectivity index (χ2n) is 4.95. The highest BCUT2D eigenvalue weighted by Crippen LogP contribution is 2.10. The van der Waals surface area contributed by atoms with E-state index in [9.17, 15) is 4.79 Å². The Kier molecular flexibility index (Phi) is 4.53. The lowest BCUT2D eigenvalue weighted by Gasteiger charge is -2.34. The first kappa shape index (κ1) is 13.6. The molecule has 0 bridgehead atoms. The molecule has 4 heteroatoms. The number of amides is 1. The van der Waals surface area contributed by atoms with Gasteiger partial charge in [0.05, 0.1) is 11.6 Å². The van der Waals surface area contributed by atoms with Crippen molar-refractivity contribution >= 4 is 5.91 Å². The Bertz CT molecular complexity index is 475. The zero-order chi connectivity index (χ0) is 13.7. The van der Waals surface area contributed by atoms with Gasteiger partial charge in [-0.2, -0.15) is 5.26 Å². The largest absolute Gasteiger partial charge is 0.337 e. The van der Waals surface area contributed by atoms with Gasteiger partial charge in [0.2, 0.25) is 5.91 Å². The molecule has 19 heavy (non-hydrogen) atoms. The average Bonchev–Trinajstić information content (AvgIpc) is 2.46. The summed E-state index contributed by atoms with van der Waals surface area (Å²) in [6.07, 6.45) is 1.28. The van der Waals surface area contributed by atoms with E-state index in [0.29, 0.717) is 12.0 Å². The number of piperazine rings is 1. The van der Waals surface area contributed by atoms with Crippen molar-refractivity contribution in [2.45, 2.75) is 25.8 Å². The summed E-state index contributed by atoms with van der Waals surface area (Å²) in [7, 11) is 0. The first-order valence-corrected chi connectivity index (χ1v) is 6.70. The molecule has 1 aliphatic heterocycles. The number of carbonyl (C=O) groups is 1. The molecule has 1 N–H and O–H groups in total. The normalized spacial score (nSPS) is 18.9. The Morgan fingerprint density at radius 2 is 2.21 bits per heavy atom. The zero-order valence-corrected chi connectivity index (χ0v) is 11.2. The smallest absolute Gasteiger partial charge is 0.223 e. The lowest BCUT2D eigenvalue weighted by molar-refractivity contribution is -0.133. The molecule has 2 rings (SSSR count). The van der Waals surface area contributed by atoms with Crippen LogP contribution in [0.1, 0.15) is 24.5 Å². The minimum atomic E-state index is 0.221. The molecule has 1 fully saturated rings. The van der Waals surface area contributed by atoms with E-state index in [2.05, 4.69) is 18.3 Å². The summed E-state index contributed by atoms with van der Waals surface area (Å²) in [5, 5.41) is 12.0. The van der Waals surface area contributed by atoms with Gasteiger partial charge in [-0.05, 0) is 31.0 Å². The highest BCUT2D eigenvalue weighted by atomic mass is 16.2. The molecule has 1 amide bonds. The van der Waals surface area contributed by atoms with Gasteiger partial charge in [-0.15, -0.1) is 0 Å². The van der Waals surface area contributed by atoms with Crippen molar-refractivity contribution < 1.29 is 4.79 Å². The maximum atomic E-state index is 12.2. The third kappa shape index (κ3) is 3.55. The minimum absolute atomic E-state index is 0.221. The molecule has 1 aromatic rings. The zero-order valence-electron chi connectivity index (χ0n) is 11.2. The molecule has 1 aromatic carbocycles. The maximum absolute atomic E-state index is 12.2. The Balaban J connectivity index is 1.87. The summed E-state index contributed by atoms with van der Waals surface area (Å²) in [4.78, 5) is 14.1. The van der Waals surface area contributed by atoms with Crippen LogP contribution < -0.4 is 5.32 Å². The number of nitrogens with zero attached hydrogens (tertiary/aromatic N) is 2. The van der Waals surface area contributed by atoms with E-state index in [1.165, 1.54) is 0 Å². The minimum Gasteiger partial charge on any atom is -0.337 e. The number of carbonyl (C=O) groups excluding carboxylic acids is 1. The van der Waals surface area contributed by atoms with E-state index in [0.717, 1.165) is 31.6 Å². The molecule has 4 nitrogen and oxygen atoms in total. The molecule has 1 saturated heterocycles. The van der Waals surface area contributed by atoms with Crippen molar-refractivity contribution in [1.29, 1.82) is 5.26 Å². The third-order valence-corrected chi connectivity index (χ3v) is 3.53. The number of nitriles is 1. The van der Waals surface area contributed by atoms with Gasteiger partial charge in [0.15, 0.2) is 0 Å². The summed E-state index contributed by atoms with van der Waals surface area (Å²) < 4.78 is 0. The van der Waals surface area contributed by atoms with Crippen LogP contribution in [0.15, 0.2) is 24.3 Å². The first-order valence-electron chi connectivity index (χ1n) is 6.70. The Morgan fingerprint density at radius 1 is 1.47 bits per heavy atom. The lowest BCUT2D eigenvalue weighted by atomic mass is 10.1. The van der Waals surface area contributed by atoms with Crippen LogP contribution in [0, 0.1) is 11.3 Å². The van der Waals surface area contributed by atoms with E-state index in [4.69, 9.17) is 5.26 Å². The van der Waals surface area contributed by atoms with Gasteiger partial charge in [-0.1, -0.05) is 12.1 Å². The van der Waals surface area contributed by atoms with Gasteiger partial charge in [-0.3, -0.25) is 4.79 Å². The second kappa shape index (κ2) is 6.35. The van der Waals surface area contributed by atoms with Crippen molar-refractivity contribution in [3.8, 4) is 6.07 Å². The van der Waals surface area contributed by atoms with Crippen molar-refractivity contribution in [3.05, 3.63) is 35.4 Å². The number of nitrogens with one attached hydrogen (secondary N) is 1. The summed E-state index contributed by atoms with van der Waals surface area (Å²) in [5.74, 6) is 0.221. The van der Waals surface area contributed by atoms with Crippen LogP contribution in [-0.4, -0.2) is 36.5 Å². The van der Waals surface area contributed by atoms with Crippen LogP contribution in [0.2, 0.25) is 0 Å². The Hall–Kier alpha value is -1.86. The van der Waals surface area contributed by atoms with Crippen LogP contribution in [0.3, 0.4) is 0 Å². The standard InChI is InChI=1S/C15H19N3O/c1-12-11-17-8-9-18(12)15(19)7-6-13-2-4-14(10-16)5-3-13/h2-5,12,17H,6-9,11H2,1H3. The fourth-order valence-electron chi connectivity index (χ4n) is 2.35. The molecule has 0 aliphatic carbocycles. The topological polar surface area (TPSA) is 56.1 Å². The van der Waals surface area contributed by atoms with Crippen molar-refractivity contribution in [2.75, 3.05) is 19.6 Å². The lowest BCUT2D eigenvalue weighted by Crippen LogP contribution is -2.52. The van der Waals surface area contributed by atoms with Gasteiger partial charge >= 0.3 is 0 Å². The van der Waals surface area contributed by atoms with Crippen molar-refractivity contribution in [3.63, 3.8) is 0 Å². The van der Waals surface area contributed by atoms with Crippen LogP contribution in [0.25, 0.3) is 0 Å². The number of benzene rings is 1. The number of aryl methyl sites for hydroxylation is 1. The van der Waals surface area contributed by atoms with Gasteiger partial charge in [0.1, 0.15) is 0 Å². The predicted octanol–water partition coefficient (Wildman–Crippen LogP) is 1.31. The molecule has 0 aromatic heterocycles. The second-order valence-corrected chi connectivity index (χ2v) is 4.95. The Morgan fingerprint density at radius 3 is 2.84 bits per heavy atom. The average molecular weight is 257 g/mol. The molecule has 0 saturated carbocycles.